The van der Waals surface area contributed by atoms with Gasteiger partial charge < -0.3 is 9.47 Å². The average molecular weight is 262 g/mol. The van der Waals surface area contributed by atoms with Crippen molar-refractivity contribution in [2.45, 2.75) is 19.2 Å². The molecule has 0 radical (unpaired) electrons. The predicted octanol–water partition coefficient (Wildman–Crippen LogP) is 3.19. The summed E-state index contributed by atoms with van der Waals surface area (Å²) in [5.74, 6) is -0.471. The highest BCUT2D eigenvalue weighted by Crippen LogP contribution is 2.23. The van der Waals surface area contributed by atoms with E-state index in [0.29, 0.717) is 25.0 Å². The number of carbonyl (C=O) groups is 1. The summed E-state index contributed by atoms with van der Waals surface area (Å²) in [6.45, 7) is 0.473. The highest BCUT2D eigenvalue weighted by molar-refractivity contribution is 5.96. The molecule has 0 saturated heterocycles. The van der Waals surface area contributed by atoms with Crippen molar-refractivity contribution < 1.29 is 27.4 Å². The molecule has 0 aliphatic rings. The van der Waals surface area contributed by atoms with Gasteiger partial charge in [-0.2, -0.15) is 0 Å². The Morgan fingerprint density at radius 3 is 2.33 bits per heavy atom. The zero-order chi connectivity index (χ0) is 13.6. The minimum Gasteiger partial charge on any atom is -0.406 e. The van der Waals surface area contributed by atoms with Crippen LogP contribution in [-0.2, 0) is 4.74 Å². The fourth-order valence-corrected chi connectivity index (χ4v) is 1.36. The molecule has 3 nitrogen and oxygen atoms in total. The monoisotopic (exact) mass is 262 g/mol. The lowest BCUT2D eigenvalue weighted by Gasteiger charge is -2.08. The van der Waals surface area contributed by atoms with Gasteiger partial charge in [0.05, 0.1) is 0 Å². The van der Waals surface area contributed by atoms with Crippen LogP contribution in [-0.4, -0.2) is 25.9 Å². The Morgan fingerprint density at radius 1 is 1.22 bits per heavy atom. The second kappa shape index (κ2) is 6.39. The van der Waals surface area contributed by atoms with Gasteiger partial charge in [-0.3, -0.25) is 4.79 Å². The zero-order valence-corrected chi connectivity index (χ0v) is 9.79. The molecule has 1 aromatic rings. The molecular weight excluding hydrogens is 249 g/mol. The molecule has 1 rings (SSSR count). The second-order valence-electron chi connectivity index (χ2n) is 3.59. The van der Waals surface area contributed by atoms with E-state index in [1.54, 1.807) is 0 Å². The highest BCUT2D eigenvalue weighted by atomic mass is 19.4. The van der Waals surface area contributed by atoms with Gasteiger partial charge >= 0.3 is 6.36 Å². The Hall–Kier alpha value is -1.56. The molecule has 0 aromatic heterocycles. The number of hydrogen-bond donors (Lipinski definition) is 0. The summed E-state index contributed by atoms with van der Waals surface area (Å²) in [4.78, 5) is 11.6. The van der Waals surface area contributed by atoms with Crippen LogP contribution in [0.3, 0.4) is 0 Å². The van der Waals surface area contributed by atoms with Gasteiger partial charge in [0, 0.05) is 25.7 Å². The molecule has 0 heterocycles. The van der Waals surface area contributed by atoms with Crippen molar-refractivity contribution in [3.05, 3.63) is 29.8 Å². The molecule has 6 heteroatoms. The molecular formula is C12H13F3O3. The van der Waals surface area contributed by atoms with Gasteiger partial charge in [0.2, 0.25) is 0 Å². The third kappa shape index (κ3) is 5.18. The Balaban J connectivity index is 2.57. The van der Waals surface area contributed by atoms with Crippen LogP contribution in [0.1, 0.15) is 23.2 Å². The first-order chi connectivity index (χ1) is 8.42. The van der Waals surface area contributed by atoms with Gasteiger partial charge in [0.1, 0.15) is 5.75 Å². The summed E-state index contributed by atoms with van der Waals surface area (Å²) in [6.07, 6.45) is -3.84. The predicted molar refractivity (Wildman–Crippen MR) is 58.6 cm³/mol. The van der Waals surface area contributed by atoms with Gasteiger partial charge in [-0.1, -0.05) is 0 Å². The number of alkyl halides is 3. The van der Waals surface area contributed by atoms with Crippen molar-refractivity contribution in [3.63, 3.8) is 0 Å². The molecule has 0 unspecified atom stereocenters. The van der Waals surface area contributed by atoms with E-state index in [1.807, 2.05) is 0 Å². The standard InChI is InChI=1S/C12H13F3O3/c1-17-8-2-3-11(16)9-4-6-10(7-5-9)18-12(13,14)15/h4-7H,2-3,8H2,1H3. The van der Waals surface area contributed by atoms with Crippen molar-refractivity contribution in [1.29, 1.82) is 0 Å². The van der Waals surface area contributed by atoms with E-state index in [4.69, 9.17) is 4.74 Å². The maximum atomic E-state index is 11.9. The van der Waals surface area contributed by atoms with Crippen LogP contribution in [0.5, 0.6) is 5.75 Å². The van der Waals surface area contributed by atoms with Gasteiger partial charge in [0.25, 0.3) is 0 Å². The number of carbonyl (C=O) groups excluding carboxylic acids is 1. The van der Waals surface area contributed by atoms with E-state index in [2.05, 4.69) is 4.74 Å². The highest BCUT2D eigenvalue weighted by Gasteiger charge is 2.30. The summed E-state index contributed by atoms with van der Waals surface area (Å²) in [6, 6.07) is 4.88. The quantitative estimate of drug-likeness (QED) is 0.583. The first-order valence-corrected chi connectivity index (χ1v) is 5.30. The lowest BCUT2D eigenvalue weighted by Crippen LogP contribution is -2.17. The summed E-state index contributed by atoms with van der Waals surface area (Å²) in [5.41, 5.74) is 0.362. The van der Waals surface area contributed by atoms with Crippen molar-refractivity contribution in [3.8, 4) is 5.75 Å². The molecule has 0 N–H and O–H groups in total. The Morgan fingerprint density at radius 2 is 1.83 bits per heavy atom. The number of methoxy groups -OCH3 is 1. The van der Waals surface area contributed by atoms with E-state index in [1.165, 1.54) is 19.2 Å². The molecule has 1 aromatic carbocycles. The van der Waals surface area contributed by atoms with Crippen LogP contribution in [0.2, 0.25) is 0 Å². The second-order valence-corrected chi connectivity index (χ2v) is 3.59. The van der Waals surface area contributed by atoms with Crippen LogP contribution in [0.15, 0.2) is 24.3 Å². The first-order valence-electron chi connectivity index (χ1n) is 5.30. The molecule has 0 spiro atoms. The minimum atomic E-state index is -4.72. The molecule has 0 saturated carbocycles. The smallest absolute Gasteiger partial charge is 0.406 e. The van der Waals surface area contributed by atoms with Crippen LogP contribution in [0.25, 0.3) is 0 Å². The molecule has 100 valence electrons. The number of halogens is 3. The van der Waals surface area contributed by atoms with Crippen molar-refractivity contribution >= 4 is 5.78 Å². The van der Waals surface area contributed by atoms with Gasteiger partial charge in [0.15, 0.2) is 5.78 Å². The maximum absolute atomic E-state index is 11.9. The summed E-state index contributed by atoms with van der Waals surface area (Å²) < 4.78 is 44.2. The van der Waals surface area contributed by atoms with Crippen LogP contribution >= 0.6 is 0 Å². The lowest BCUT2D eigenvalue weighted by atomic mass is 10.1. The molecule has 0 fully saturated rings. The van der Waals surface area contributed by atoms with E-state index >= 15 is 0 Å². The number of ketones is 1. The fourth-order valence-electron chi connectivity index (χ4n) is 1.36. The lowest BCUT2D eigenvalue weighted by molar-refractivity contribution is -0.274. The Kier molecular flexibility index (Phi) is 5.15. The van der Waals surface area contributed by atoms with Crippen molar-refractivity contribution in [2.75, 3.05) is 13.7 Å². The third-order valence-corrected chi connectivity index (χ3v) is 2.16. The number of benzene rings is 1. The summed E-state index contributed by atoms with van der Waals surface area (Å²) >= 11 is 0. The number of rotatable bonds is 6. The normalized spacial score (nSPS) is 11.3. The van der Waals surface area contributed by atoms with Gasteiger partial charge in [-0.05, 0) is 30.7 Å². The SMILES string of the molecule is COCCCC(=O)c1ccc(OC(F)(F)F)cc1. The minimum absolute atomic E-state index is 0.134. The first kappa shape index (κ1) is 14.5. The largest absolute Gasteiger partial charge is 0.573 e. The van der Waals surface area contributed by atoms with E-state index in [0.717, 1.165) is 12.1 Å². The fraction of sp³-hybridized carbons (Fsp3) is 0.417. The van der Waals surface area contributed by atoms with E-state index in [9.17, 15) is 18.0 Å². The Labute approximate surface area is 103 Å². The van der Waals surface area contributed by atoms with Crippen LogP contribution in [0, 0.1) is 0 Å². The molecule has 0 amide bonds. The van der Waals surface area contributed by atoms with Gasteiger partial charge in [-0.15, -0.1) is 13.2 Å². The van der Waals surface area contributed by atoms with E-state index < -0.39 is 6.36 Å². The summed E-state index contributed by atoms with van der Waals surface area (Å²) in [7, 11) is 1.54. The van der Waals surface area contributed by atoms with Crippen LogP contribution < -0.4 is 4.74 Å². The topological polar surface area (TPSA) is 35.5 Å². The zero-order valence-electron chi connectivity index (χ0n) is 9.79. The third-order valence-electron chi connectivity index (χ3n) is 2.16. The van der Waals surface area contributed by atoms with Crippen molar-refractivity contribution in [1.82, 2.24) is 0 Å². The number of ether oxygens (including phenoxy) is 2. The average Bonchev–Trinajstić information content (AvgIpc) is 2.28. The molecule has 0 aliphatic heterocycles. The molecule has 0 atom stereocenters. The van der Waals surface area contributed by atoms with Crippen molar-refractivity contribution in [2.24, 2.45) is 0 Å². The summed E-state index contributed by atoms with van der Waals surface area (Å²) in [5, 5.41) is 0. The number of Topliss-reactive ketones (excluding diaryl/α,β-unsaturated/α-hetero) is 1. The maximum Gasteiger partial charge on any atom is 0.573 e. The number of hydrogen-bond acceptors (Lipinski definition) is 3. The molecule has 0 bridgehead atoms. The van der Waals surface area contributed by atoms with E-state index in [-0.39, 0.29) is 11.5 Å². The Bertz CT molecular complexity index is 385. The molecule has 18 heavy (non-hydrogen) atoms. The van der Waals surface area contributed by atoms with Gasteiger partial charge in [-0.25, -0.2) is 0 Å². The van der Waals surface area contributed by atoms with Crippen LogP contribution in [0.4, 0.5) is 13.2 Å². The molecule has 0 aliphatic carbocycles.